The van der Waals surface area contributed by atoms with Gasteiger partial charge in [0.15, 0.2) is 0 Å². The highest BCUT2D eigenvalue weighted by molar-refractivity contribution is 6.31. The van der Waals surface area contributed by atoms with Crippen LogP contribution in [0.15, 0.2) is 66.7 Å². The van der Waals surface area contributed by atoms with Crippen LogP contribution in [0.2, 0.25) is 5.02 Å². The number of carbonyl (C=O) groups excluding carboxylic acids is 3. The molecule has 15 nitrogen and oxygen atoms in total. The maximum absolute atomic E-state index is 14.2. The smallest absolute Gasteiger partial charge is 0.251 e. The minimum Gasteiger partial charge on any atom is -0.491 e. The molecule has 2 unspecified atom stereocenters. The molecule has 398 valence electrons. The molecular formula is C57H80ClN7O8. The number of halogens is 1. The number of rotatable bonds is 26. The summed E-state index contributed by atoms with van der Waals surface area (Å²) >= 11 is 6.24. The van der Waals surface area contributed by atoms with Crippen molar-refractivity contribution in [1.29, 1.82) is 5.26 Å². The second kappa shape index (κ2) is 26.5. The molecule has 2 saturated carbocycles. The van der Waals surface area contributed by atoms with Crippen LogP contribution in [0.25, 0.3) is 0 Å². The first kappa shape index (κ1) is 55.8. The Labute approximate surface area is 438 Å². The highest BCUT2D eigenvalue weighted by Crippen LogP contribution is 2.55. The molecule has 4 atom stereocenters. The largest absolute Gasteiger partial charge is 0.491 e. The van der Waals surface area contributed by atoms with E-state index in [9.17, 15) is 19.6 Å². The van der Waals surface area contributed by atoms with E-state index >= 15 is 0 Å². The SMILES string of the molecule is CN[C@@H](C)C(=O)N[C@H](C(=O)N1CCC2CCN(CCc3ccc(OCCOCCOCCOCCNc4ccc(C(=O)N[C@H]5C(C)(C)[C@H](Oc6ccc(C#N)c(Cl)c6)C5(C)C)cc4)cc3)CC21)C1CCCCC1. The van der Waals surface area contributed by atoms with Crippen LogP contribution >= 0.6 is 11.6 Å². The normalized spacial score (nSPS) is 22.2. The molecule has 0 aromatic heterocycles. The van der Waals surface area contributed by atoms with Crippen molar-refractivity contribution < 1.29 is 38.1 Å². The van der Waals surface area contributed by atoms with E-state index in [1.54, 1.807) is 25.2 Å². The lowest BCUT2D eigenvalue weighted by Gasteiger charge is -2.63. The molecular weight excluding hydrogens is 946 g/mol. The van der Waals surface area contributed by atoms with E-state index in [4.69, 9.17) is 35.3 Å². The predicted molar refractivity (Wildman–Crippen MR) is 284 cm³/mol. The lowest BCUT2D eigenvalue weighted by molar-refractivity contribution is -0.164. The number of hydrogen-bond donors (Lipinski definition) is 4. The van der Waals surface area contributed by atoms with E-state index in [2.05, 4.69) is 77.0 Å². The summed E-state index contributed by atoms with van der Waals surface area (Å²) in [6.07, 6.45) is 8.33. The number of carbonyl (C=O) groups is 3. The van der Waals surface area contributed by atoms with Gasteiger partial charge in [-0.15, -0.1) is 0 Å². The predicted octanol–water partition coefficient (Wildman–Crippen LogP) is 7.50. The van der Waals surface area contributed by atoms with Crippen molar-refractivity contribution in [3.63, 3.8) is 0 Å². The van der Waals surface area contributed by atoms with E-state index in [-0.39, 0.29) is 58.7 Å². The fraction of sp³-hybridized carbons (Fsp3) is 0.614. The van der Waals surface area contributed by atoms with E-state index in [0.717, 1.165) is 82.6 Å². The minimum atomic E-state index is -0.441. The van der Waals surface area contributed by atoms with Crippen LogP contribution in [0.4, 0.5) is 5.69 Å². The highest BCUT2D eigenvalue weighted by Gasteiger charge is 2.64. The number of nitrogens with one attached hydrogen (secondary N) is 4. The average Bonchev–Trinajstić information content (AvgIpc) is 3.83. The van der Waals surface area contributed by atoms with Crippen molar-refractivity contribution in [2.75, 3.05) is 91.3 Å². The standard InChI is InChI=1S/C57H80ClN7O8/c1-39(60-6)51(66)62-50(42-10-8-7-9-11-42)53(68)65-28-24-41-23-27-64(38-49(41)65)26-22-40-12-19-46(20-13-40)72-35-34-71-33-32-70-31-30-69-29-25-61-45-17-14-43(15-18-45)52(67)63-54-56(2,3)55(57(54,4)5)73-47-21-16-44(37-59)48(58)36-47/h12-21,36,39,41-42,49-50,54-55,60-61H,7-11,22-35,38H2,1-6H3,(H,62,66)(H,63,67)/t39-,41?,49?,50-,54-,55-/m0/s1. The molecule has 2 aliphatic heterocycles. The van der Waals surface area contributed by atoms with Crippen LogP contribution in [0.5, 0.6) is 11.5 Å². The number of likely N-dealkylation sites (tertiary alicyclic amines) is 2. The third-order valence-electron chi connectivity index (χ3n) is 15.8. The second-order valence-electron chi connectivity index (χ2n) is 21.5. The molecule has 3 amide bonds. The lowest BCUT2D eigenvalue weighted by atomic mass is 9.49. The van der Waals surface area contributed by atoms with Gasteiger partial charge in [-0.3, -0.25) is 14.4 Å². The third kappa shape index (κ3) is 14.7. The maximum Gasteiger partial charge on any atom is 0.251 e. The van der Waals surface area contributed by atoms with Crippen molar-refractivity contribution in [2.24, 2.45) is 22.7 Å². The number of nitriles is 1. The molecule has 2 aliphatic carbocycles. The van der Waals surface area contributed by atoms with Crippen molar-refractivity contribution in [2.45, 2.75) is 116 Å². The van der Waals surface area contributed by atoms with Crippen molar-refractivity contribution in [3.05, 3.63) is 88.4 Å². The summed E-state index contributed by atoms with van der Waals surface area (Å²) in [6.45, 7) is 17.7. The molecule has 3 aromatic carbocycles. The lowest BCUT2D eigenvalue weighted by Crippen LogP contribution is -2.74. The first-order chi connectivity index (χ1) is 35.2. The van der Waals surface area contributed by atoms with Crippen LogP contribution in [-0.4, -0.2) is 144 Å². The fourth-order valence-electron chi connectivity index (χ4n) is 11.7. The highest BCUT2D eigenvalue weighted by atomic mass is 35.5. The Morgan fingerprint density at radius 2 is 1.45 bits per heavy atom. The molecule has 2 heterocycles. The van der Waals surface area contributed by atoms with E-state index in [0.29, 0.717) is 80.6 Å². The van der Waals surface area contributed by atoms with Gasteiger partial charge in [0.1, 0.15) is 36.3 Å². The van der Waals surface area contributed by atoms with Crippen LogP contribution in [-0.2, 0) is 30.2 Å². The molecule has 3 aromatic rings. The van der Waals surface area contributed by atoms with Crippen molar-refractivity contribution in [1.82, 2.24) is 25.8 Å². The van der Waals surface area contributed by atoms with Gasteiger partial charge in [-0.05, 0) is 119 Å². The van der Waals surface area contributed by atoms with Gasteiger partial charge in [0.2, 0.25) is 11.8 Å². The number of likely N-dealkylation sites (N-methyl/N-ethyl adjacent to an activating group) is 1. The summed E-state index contributed by atoms with van der Waals surface area (Å²) in [5, 5.41) is 22.3. The Morgan fingerprint density at radius 1 is 0.808 bits per heavy atom. The molecule has 0 bridgehead atoms. The molecule has 0 radical (unpaired) electrons. The van der Waals surface area contributed by atoms with Crippen LogP contribution in [0, 0.1) is 34.0 Å². The first-order valence-corrected chi connectivity index (χ1v) is 27.0. The Balaban J connectivity index is 0.701. The van der Waals surface area contributed by atoms with Crippen molar-refractivity contribution in [3.8, 4) is 17.6 Å². The summed E-state index contributed by atoms with van der Waals surface area (Å²) < 4.78 is 29.4. The maximum atomic E-state index is 14.2. The van der Waals surface area contributed by atoms with E-state index in [1.165, 1.54) is 12.0 Å². The zero-order chi connectivity index (χ0) is 52.0. The molecule has 4 N–H and O–H groups in total. The summed E-state index contributed by atoms with van der Waals surface area (Å²) in [6, 6.07) is 22.2. The van der Waals surface area contributed by atoms with Gasteiger partial charge in [0, 0.05) is 66.4 Å². The van der Waals surface area contributed by atoms with Gasteiger partial charge in [-0.1, -0.05) is 70.7 Å². The molecule has 4 aliphatic rings. The monoisotopic (exact) mass is 1030 g/mol. The van der Waals surface area contributed by atoms with Crippen LogP contribution in [0.1, 0.15) is 101 Å². The van der Waals surface area contributed by atoms with Gasteiger partial charge in [0.25, 0.3) is 5.91 Å². The third-order valence-corrected chi connectivity index (χ3v) is 16.1. The molecule has 0 spiro atoms. The molecule has 4 fully saturated rings. The number of fused-ring (bicyclic) bond motifs is 1. The van der Waals surface area contributed by atoms with Gasteiger partial charge >= 0.3 is 0 Å². The average molecular weight is 1030 g/mol. The van der Waals surface area contributed by atoms with Gasteiger partial charge in [0.05, 0.1) is 56.3 Å². The molecule has 73 heavy (non-hydrogen) atoms. The number of ether oxygens (including phenoxy) is 5. The zero-order valence-electron chi connectivity index (χ0n) is 44.0. The number of nitrogens with zero attached hydrogens (tertiary/aromatic N) is 3. The summed E-state index contributed by atoms with van der Waals surface area (Å²) in [5.41, 5.74) is 2.42. The Kier molecular flexibility index (Phi) is 20.3. The minimum absolute atomic E-state index is 0.0951. The van der Waals surface area contributed by atoms with Crippen molar-refractivity contribution >= 4 is 35.0 Å². The second-order valence-corrected chi connectivity index (χ2v) is 21.9. The zero-order valence-corrected chi connectivity index (χ0v) is 44.8. The summed E-state index contributed by atoms with van der Waals surface area (Å²) in [4.78, 5) is 45.2. The number of amides is 3. The fourth-order valence-corrected chi connectivity index (χ4v) is 11.9. The molecule has 2 saturated heterocycles. The quantitative estimate of drug-likeness (QED) is 0.0584. The topological polar surface area (TPSA) is 176 Å². The summed E-state index contributed by atoms with van der Waals surface area (Å²) in [5.74, 6) is 2.03. The number of anilines is 1. The Morgan fingerprint density at radius 3 is 2.11 bits per heavy atom. The van der Waals surface area contributed by atoms with Gasteiger partial charge in [-0.2, -0.15) is 5.26 Å². The van der Waals surface area contributed by atoms with Crippen LogP contribution in [0.3, 0.4) is 0 Å². The number of hydrogen-bond acceptors (Lipinski definition) is 12. The molecule has 7 rings (SSSR count). The number of benzene rings is 3. The Hall–Kier alpha value is -4.95. The van der Waals surface area contributed by atoms with Crippen LogP contribution < -0.4 is 30.7 Å². The van der Waals surface area contributed by atoms with Gasteiger partial charge < -0.3 is 54.8 Å². The van der Waals surface area contributed by atoms with Gasteiger partial charge in [-0.25, -0.2) is 0 Å². The number of piperidine rings is 1. The van der Waals surface area contributed by atoms with E-state index in [1.807, 2.05) is 43.3 Å². The molecule has 16 heteroatoms. The summed E-state index contributed by atoms with van der Waals surface area (Å²) in [7, 11) is 1.78. The van der Waals surface area contributed by atoms with E-state index < -0.39 is 6.04 Å². The Bertz CT molecular complexity index is 2290. The first-order valence-electron chi connectivity index (χ1n) is 26.7.